The van der Waals surface area contributed by atoms with Crippen molar-refractivity contribution < 1.29 is 23.8 Å². The number of methoxy groups -OCH3 is 2. The van der Waals surface area contributed by atoms with Crippen molar-refractivity contribution in [2.75, 3.05) is 32.5 Å². The molecular weight excluding hydrogens is 324 g/mol. The van der Waals surface area contributed by atoms with Gasteiger partial charge in [-0.2, -0.15) is 5.26 Å². The third-order valence-corrected chi connectivity index (χ3v) is 3.44. The Kier molecular flexibility index (Phi) is 5.21. The molecule has 0 aromatic heterocycles. The summed E-state index contributed by atoms with van der Waals surface area (Å²) in [6.45, 7) is -0.121. The Balaban J connectivity index is 2.63. The maximum Gasteiger partial charge on any atom is 0.355 e. The summed E-state index contributed by atoms with van der Waals surface area (Å²) in [4.78, 5) is 25.4. The standard InChI is InChI=1S/C15H13ClN2O5/c1-21-14(19)11-7-23-8-18(13(11)15(20)22-2)12-4-3-10(16)5-9(12)6-17/h3-5H,7-8H2,1-2H3. The van der Waals surface area contributed by atoms with Crippen molar-refractivity contribution in [2.24, 2.45) is 0 Å². The molecule has 1 aromatic carbocycles. The molecule has 0 N–H and O–H groups in total. The normalized spacial score (nSPS) is 14.3. The van der Waals surface area contributed by atoms with Crippen LogP contribution in [-0.4, -0.2) is 39.5 Å². The van der Waals surface area contributed by atoms with Crippen molar-refractivity contribution in [1.82, 2.24) is 0 Å². The van der Waals surface area contributed by atoms with Crippen LogP contribution >= 0.6 is 11.6 Å². The van der Waals surface area contributed by atoms with Crippen LogP contribution in [0.25, 0.3) is 0 Å². The van der Waals surface area contributed by atoms with Crippen molar-refractivity contribution in [3.05, 3.63) is 40.1 Å². The highest BCUT2D eigenvalue weighted by molar-refractivity contribution is 6.30. The van der Waals surface area contributed by atoms with E-state index in [1.165, 1.54) is 25.2 Å². The SMILES string of the molecule is COC(=O)C1=C(C(=O)OC)N(c2ccc(Cl)cc2C#N)COC1. The Labute approximate surface area is 137 Å². The van der Waals surface area contributed by atoms with E-state index in [1.54, 1.807) is 12.1 Å². The smallest absolute Gasteiger partial charge is 0.355 e. The molecule has 0 saturated heterocycles. The fraction of sp³-hybridized carbons (Fsp3) is 0.267. The first-order valence-corrected chi connectivity index (χ1v) is 6.86. The van der Waals surface area contributed by atoms with E-state index in [2.05, 4.69) is 4.74 Å². The largest absolute Gasteiger partial charge is 0.466 e. The quantitative estimate of drug-likeness (QED) is 0.774. The number of carbonyl (C=O) groups is 2. The molecule has 0 radical (unpaired) electrons. The predicted octanol–water partition coefficient (Wildman–Crippen LogP) is 1.61. The second-order valence-electron chi connectivity index (χ2n) is 4.49. The van der Waals surface area contributed by atoms with Gasteiger partial charge in [-0.25, -0.2) is 9.59 Å². The number of esters is 2. The van der Waals surface area contributed by atoms with Gasteiger partial charge in [0, 0.05) is 5.02 Å². The van der Waals surface area contributed by atoms with Crippen LogP contribution < -0.4 is 4.90 Å². The molecule has 0 bridgehead atoms. The van der Waals surface area contributed by atoms with Crippen molar-refractivity contribution in [2.45, 2.75) is 0 Å². The van der Waals surface area contributed by atoms with Crippen molar-refractivity contribution in [1.29, 1.82) is 5.26 Å². The van der Waals surface area contributed by atoms with Gasteiger partial charge in [0.25, 0.3) is 0 Å². The van der Waals surface area contributed by atoms with Gasteiger partial charge in [0.05, 0.1) is 37.7 Å². The fourth-order valence-corrected chi connectivity index (χ4v) is 2.34. The third-order valence-electron chi connectivity index (χ3n) is 3.20. The summed E-state index contributed by atoms with van der Waals surface area (Å²) in [5.74, 6) is -1.44. The predicted molar refractivity (Wildman–Crippen MR) is 80.5 cm³/mol. The number of benzene rings is 1. The zero-order valence-electron chi connectivity index (χ0n) is 12.5. The molecule has 1 aromatic rings. The lowest BCUT2D eigenvalue weighted by molar-refractivity contribution is -0.140. The number of hydrogen-bond acceptors (Lipinski definition) is 7. The van der Waals surface area contributed by atoms with Crippen LogP contribution in [0.5, 0.6) is 0 Å². The van der Waals surface area contributed by atoms with Gasteiger partial charge in [-0.15, -0.1) is 0 Å². The Morgan fingerprint density at radius 1 is 1.30 bits per heavy atom. The molecule has 0 unspecified atom stereocenters. The molecule has 2 rings (SSSR count). The van der Waals surface area contributed by atoms with Gasteiger partial charge in [-0.3, -0.25) is 0 Å². The summed E-state index contributed by atoms with van der Waals surface area (Å²) in [5.41, 5.74) is 0.598. The molecule has 0 saturated carbocycles. The van der Waals surface area contributed by atoms with E-state index in [0.29, 0.717) is 10.7 Å². The molecule has 1 aliphatic rings. The molecule has 23 heavy (non-hydrogen) atoms. The van der Waals surface area contributed by atoms with Gasteiger partial charge >= 0.3 is 11.9 Å². The fourth-order valence-electron chi connectivity index (χ4n) is 2.17. The highest BCUT2D eigenvalue weighted by Gasteiger charge is 2.33. The lowest BCUT2D eigenvalue weighted by Crippen LogP contribution is -2.39. The Hall–Kier alpha value is -2.56. The van der Waals surface area contributed by atoms with Gasteiger partial charge < -0.3 is 19.1 Å². The summed E-state index contributed by atoms with van der Waals surface area (Å²) in [6.07, 6.45) is 0. The average Bonchev–Trinajstić information content (AvgIpc) is 2.59. The van der Waals surface area contributed by atoms with E-state index >= 15 is 0 Å². The molecular formula is C15H13ClN2O5. The molecule has 0 spiro atoms. The number of hydrogen-bond donors (Lipinski definition) is 0. The lowest BCUT2D eigenvalue weighted by atomic mass is 10.1. The number of ether oxygens (including phenoxy) is 3. The summed E-state index contributed by atoms with van der Waals surface area (Å²) < 4.78 is 14.8. The molecule has 0 amide bonds. The molecule has 120 valence electrons. The summed E-state index contributed by atoms with van der Waals surface area (Å²) in [6, 6.07) is 6.58. The first kappa shape index (κ1) is 16.8. The maximum atomic E-state index is 12.2. The van der Waals surface area contributed by atoms with E-state index in [4.69, 9.17) is 21.1 Å². The van der Waals surface area contributed by atoms with Crippen LogP contribution in [-0.2, 0) is 23.8 Å². The summed E-state index contributed by atoms with van der Waals surface area (Å²) in [7, 11) is 2.40. The zero-order chi connectivity index (χ0) is 17.0. The van der Waals surface area contributed by atoms with Gasteiger partial charge in [0.2, 0.25) is 0 Å². The van der Waals surface area contributed by atoms with Crippen LogP contribution in [0.4, 0.5) is 5.69 Å². The number of nitrogens with zero attached hydrogens (tertiary/aromatic N) is 2. The number of rotatable bonds is 3. The van der Waals surface area contributed by atoms with Crippen LogP contribution in [0.1, 0.15) is 5.56 Å². The van der Waals surface area contributed by atoms with Gasteiger partial charge in [0.15, 0.2) is 0 Å². The van der Waals surface area contributed by atoms with Crippen LogP contribution in [0, 0.1) is 11.3 Å². The number of carbonyl (C=O) groups excluding carboxylic acids is 2. The van der Waals surface area contributed by atoms with Crippen molar-refractivity contribution in [3.63, 3.8) is 0 Å². The highest BCUT2D eigenvalue weighted by Crippen LogP contribution is 2.30. The summed E-state index contributed by atoms with van der Waals surface area (Å²) in [5, 5.41) is 9.65. The molecule has 1 aliphatic heterocycles. The van der Waals surface area contributed by atoms with Gasteiger partial charge in [-0.05, 0) is 18.2 Å². The van der Waals surface area contributed by atoms with E-state index < -0.39 is 11.9 Å². The molecule has 0 atom stereocenters. The Bertz CT molecular complexity index is 723. The van der Waals surface area contributed by atoms with E-state index in [9.17, 15) is 14.9 Å². The zero-order valence-corrected chi connectivity index (χ0v) is 13.2. The molecule has 1 heterocycles. The van der Waals surface area contributed by atoms with Crippen molar-refractivity contribution >= 4 is 29.2 Å². The van der Waals surface area contributed by atoms with E-state index in [-0.39, 0.29) is 30.2 Å². The number of halogens is 1. The van der Waals surface area contributed by atoms with Crippen LogP contribution in [0.15, 0.2) is 29.5 Å². The average molecular weight is 337 g/mol. The monoisotopic (exact) mass is 336 g/mol. The highest BCUT2D eigenvalue weighted by atomic mass is 35.5. The minimum Gasteiger partial charge on any atom is -0.466 e. The van der Waals surface area contributed by atoms with Gasteiger partial charge in [0.1, 0.15) is 18.5 Å². The molecule has 0 aliphatic carbocycles. The van der Waals surface area contributed by atoms with E-state index in [1.807, 2.05) is 6.07 Å². The number of nitriles is 1. The molecule has 7 nitrogen and oxygen atoms in total. The Morgan fingerprint density at radius 2 is 2.00 bits per heavy atom. The van der Waals surface area contributed by atoms with Gasteiger partial charge in [-0.1, -0.05) is 11.6 Å². The maximum absolute atomic E-state index is 12.2. The minimum atomic E-state index is -0.729. The topological polar surface area (TPSA) is 88.9 Å². The van der Waals surface area contributed by atoms with Crippen LogP contribution in [0.2, 0.25) is 5.02 Å². The molecule has 8 heteroatoms. The number of anilines is 1. The summed E-state index contributed by atoms with van der Waals surface area (Å²) >= 11 is 5.88. The second kappa shape index (κ2) is 7.13. The molecule has 0 fully saturated rings. The minimum absolute atomic E-state index is 0.0180. The first-order valence-electron chi connectivity index (χ1n) is 6.48. The first-order chi connectivity index (χ1) is 11.0. The van der Waals surface area contributed by atoms with Crippen LogP contribution in [0.3, 0.4) is 0 Å². The lowest BCUT2D eigenvalue weighted by Gasteiger charge is -2.31. The third kappa shape index (κ3) is 3.28. The Morgan fingerprint density at radius 3 is 2.61 bits per heavy atom. The second-order valence-corrected chi connectivity index (χ2v) is 4.93. The van der Waals surface area contributed by atoms with Crippen molar-refractivity contribution in [3.8, 4) is 6.07 Å². The van der Waals surface area contributed by atoms with E-state index in [0.717, 1.165) is 0 Å².